The molecule has 1 saturated heterocycles. The first-order chi connectivity index (χ1) is 12.6. The molecule has 0 N–H and O–H groups in total. The molecule has 1 aliphatic rings. The Morgan fingerprint density at radius 2 is 2.00 bits per heavy atom. The van der Waals surface area contributed by atoms with Crippen LogP contribution in [0.2, 0.25) is 0 Å². The number of pyridine rings is 1. The van der Waals surface area contributed by atoms with Crippen LogP contribution in [0.4, 0.5) is 5.82 Å². The number of rotatable bonds is 4. The van der Waals surface area contributed by atoms with Crippen LogP contribution in [0.25, 0.3) is 0 Å². The highest BCUT2D eigenvalue weighted by molar-refractivity contribution is 5.78. The summed E-state index contributed by atoms with van der Waals surface area (Å²) in [6, 6.07) is 16.1. The molecule has 1 aromatic heterocycles. The van der Waals surface area contributed by atoms with Gasteiger partial charge in [0.1, 0.15) is 11.9 Å². The van der Waals surface area contributed by atoms with Gasteiger partial charge >= 0.3 is 0 Å². The van der Waals surface area contributed by atoms with Gasteiger partial charge in [0.15, 0.2) is 0 Å². The van der Waals surface area contributed by atoms with Crippen molar-refractivity contribution in [2.45, 2.75) is 39.3 Å². The number of benzene rings is 1. The summed E-state index contributed by atoms with van der Waals surface area (Å²) in [6.07, 6.45) is 1.30. The third-order valence-electron chi connectivity index (χ3n) is 4.89. The number of anilines is 1. The van der Waals surface area contributed by atoms with Crippen molar-refractivity contribution in [2.24, 2.45) is 0 Å². The van der Waals surface area contributed by atoms with Crippen molar-refractivity contribution in [1.82, 2.24) is 9.88 Å². The first-order valence-electron chi connectivity index (χ1n) is 9.08. The Balaban J connectivity index is 1.87. The first kappa shape index (κ1) is 17.9. The van der Waals surface area contributed by atoms with E-state index < -0.39 is 0 Å². The zero-order chi connectivity index (χ0) is 18.5. The second-order valence-corrected chi connectivity index (χ2v) is 6.70. The van der Waals surface area contributed by atoms with E-state index in [4.69, 9.17) is 0 Å². The summed E-state index contributed by atoms with van der Waals surface area (Å²) in [7, 11) is 0. The molecule has 1 unspecified atom stereocenters. The highest BCUT2D eigenvalue weighted by atomic mass is 16.2. The van der Waals surface area contributed by atoms with Crippen molar-refractivity contribution < 1.29 is 4.79 Å². The van der Waals surface area contributed by atoms with Gasteiger partial charge in [0, 0.05) is 37.8 Å². The van der Waals surface area contributed by atoms with Crippen LogP contribution in [0.15, 0.2) is 42.5 Å². The van der Waals surface area contributed by atoms with Crippen molar-refractivity contribution in [3.05, 3.63) is 59.3 Å². The summed E-state index contributed by atoms with van der Waals surface area (Å²) < 4.78 is 0. The van der Waals surface area contributed by atoms with Crippen LogP contribution >= 0.6 is 0 Å². The fourth-order valence-corrected chi connectivity index (χ4v) is 3.43. The molecule has 0 radical (unpaired) electrons. The largest absolute Gasteiger partial charge is 0.353 e. The number of nitriles is 1. The molecule has 1 fully saturated rings. The van der Waals surface area contributed by atoms with Crippen LogP contribution in [-0.2, 0) is 11.3 Å². The lowest BCUT2D eigenvalue weighted by Crippen LogP contribution is -2.42. The van der Waals surface area contributed by atoms with Gasteiger partial charge in [0.05, 0.1) is 5.56 Å². The van der Waals surface area contributed by atoms with Crippen molar-refractivity contribution in [1.29, 1.82) is 5.26 Å². The molecule has 0 aliphatic carbocycles. The van der Waals surface area contributed by atoms with E-state index in [1.807, 2.05) is 42.2 Å². The lowest BCUT2D eigenvalue weighted by Gasteiger charge is -2.32. The Hall–Kier alpha value is -2.87. The van der Waals surface area contributed by atoms with E-state index in [-0.39, 0.29) is 11.9 Å². The van der Waals surface area contributed by atoms with Crippen LogP contribution in [0.5, 0.6) is 0 Å². The van der Waals surface area contributed by atoms with Gasteiger partial charge in [-0.05, 0) is 31.0 Å². The molecule has 1 amide bonds. The SMILES string of the molecule is CCC1CN(c2nc(C)ccc2C#N)CCC(=O)N1Cc1ccccc1. The predicted molar refractivity (Wildman–Crippen MR) is 102 cm³/mol. The lowest BCUT2D eigenvalue weighted by molar-refractivity contribution is -0.133. The number of nitrogens with zero attached hydrogens (tertiary/aromatic N) is 4. The quantitative estimate of drug-likeness (QED) is 0.851. The minimum atomic E-state index is 0.0964. The van der Waals surface area contributed by atoms with E-state index >= 15 is 0 Å². The summed E-state index contributed by atoms with van der Waals surface area (Å²) in [4.78, 5) is 21.5. The van der Waals surface area contributed by atoms with Gasteiger partial charge < -0.3 is 9.80 Å². The number of carbonyl (C=O) groups excluding carboxylic acids is 1. The van der Waals surface area contributed by atoms with Gasteiger partial charge in [-0.25, -0.2) is 4.98 Å². The molecule has 5 heteroatoms. The van der Waals surface area contributed by atoms with E-state index in [0.717, 1.165) is 17.7 Å². The number of hydrogen-bond acceptors (Lipinski definition) is 4. The molecular formula is C21H24N4O. The Kier molecular flexibility index (Phi) is 5.52. The average molecular weight is 348 g/mol. The number of aromatic nitrogens is 1. The van der Waals surface area contributed by atoms with Gasteiger partial charge in [-0.15, -0.1) is 0 Å². The summed E-state index contributed by atoms with van der Waals surface area (Å²) in [5.41, 5.74) is 2.58. The van der Waals surface area contributed by atoms with Crippen molar-refractivity contribution in [2.75, 3.05) is 18.0 Å². The molecule has 1 atom stereocenters. The van der Waals surface area contributed by atoms with Crippen LogP contribution in [0.3, 0.4) is 0 Å². The summed E-state index contributed by atoms with van der Waals surface area (Å²) >= 11 is 0. The minimum Gasteiger partial charge on any atom is -0.353 e. The van der Waals surface area contributed by atoms with E-state index in [0.29, 0.717) is 37.4 Å². The van der Waals surface area contributed by atoms with E-state index in [2.05, 4.69) is 35.0 Å². The van der Waals surface area contributed by atoms with Crippen molar-refractivity contribution in [3.63, 3.8) is 0 Å². The normalized spacial score (nSPS) is 17.7. The highest BCUT2D eigenvalue weighted by Gasteiger charge is 2.30. The van der Waals surface area contributed by atoms with E-state index in [1.54, 1.807) is 0 Å². The molecule has 2 heterocycles. The van der Waals surface area contributed by atoms with Crippen LogP contribution in [-0.4, -0.2) is 34.9 Å². The maximum atomic E-state index is 12.8. The molecule has 26 heavy (non-hydrogen) atoms. The molecule has 1 aliphatic heterocycles. The average Bonchev–Trinajstić information content (AvgIpc) is 2.82. The standard InChI is InChI=1S/C21H24N4O/c1-3-19-15-24(21-18(13-22)10-9-16(2)23-21)12-11-20(26)25(19)14-17-7-5-4-6-8-17/h4-10,19H,3,11-12,14-15H2,1-2H3. The lowest BCUT2D eigenvalue weighted by atomic mass is 10.1. The smallest absolute Gasteiger partial charge is 0.224 e. The third kappa shape index (κ3) is 3.85. The van der Waals surface area contributed by atoms with Gasteiger partial charge in [0.2, 0.25) is 5.91 Å². The summed E-state index contributed by atoms with van der Waals surface area (Å²) in [5, 5.41) is 9.44. The van der Waals surface area contributed by atoms with Gasteiger partial charge in [0.25, 0.3) is 0 Å². The molecule has 5 nitrogen and oxygen atoms in total. The number of carbonyl (C=O) groups is 1. The van der Waals surface area contributed by atoms with Gasteiger partial charge in [-0.1, -0.05) is 37.3 Å². The van der Waals surface area contributed by atoms with Crippen LogP contribution < -0.4 is 4.90 Å². The molecular weight excluding hydrogens is 324 g/mol. The second-order valence-electron chi connectivity index (χ2n) is 6.70. The molecule has 2 aromatic rings. The number of hydrogen-bond donors (Lipinski definition) is 0. The highest BCUT2D eigenvalue weighted by Crippen LogP contribution is 2.24. The molecule has 1 aromatic carbocycles. The fourth-order valence-electron chi connectivity index (χ4n) is 3.43. The molecule has 0 spiro atoms. The number of aryl methyl sites for hydroxylation is 1. The van der Waals surface area contributed by atoms with Gasteiger partial charge in [-0.3, -0.25) is 4.79 Å². The van der Waals surface area contributed by atoms with E-state index in [9.17, 15) is 10.1 Å². The molecule has 0 bridgehead atoms. The Labute approximate surface area is 154 Å². The first-order valence-corrected chi connectivity index (χ1v) is 9.08. The molecule has 134 valence electrons. The predicted octanol–water partition coefficient (Wildman–Crippen LogP) is 3.28. The number of amides is 1. The molecule has 3 rings (SSSR count). The molecule has 0 saturated carbocycles. The van der Waals surface area contributed by atoms with Crippen molar-refractivity contribution in [3.8, 4) is 6.07 Å². The monoisotopic (exact) mass is 348 g/mol. The summed E-state index contributed by atoms with van der Waals surface area (Å²) in [5.74, 6) is 0.856. The van der Waals surface area contributed by atoms with Crippen LogP contribution in [0, 0.1) is 18.3 Å². The van der Waals surface area contributed by atoms with Gasteiger partial charge in [-0.2, -0.15) is 5.26 Å². The minimum absolute atomic E-state index is 0.0964. The summed E-state index contributed by atoms with van der Waals surface area (Å²) in [6.45, 7) is 5.94. The topological polar surface area (TPSA) is 60.2 Å². The van der Waals surface area contributed by atoms with Crippen molar-refractivity contribution >= 4 is 11.7 Å². The Morgan fingerprint density at radius 3 is 2.69 bits per heavy atom. The zero-order valence-corrected chi connectivity index (χ0v) is 15.4. The van der Waals surface area contributed by atoms with E-state index in [1.165, 1.54) is 0 Å². The zero-order valence-electron chi connectivity index (χ0n) is 15.4. The van der Waals surface area contributed by atoms with Crippen LogP contribution in [0.1, 0.15) is 36.6 Å². The Morgan fingerprint density at radius 1 is 1.23 bits per heavy atom. The fraction of sp³-hybridized carbons (Fsp3) is 0.381. The second kappa shape index (κ2) is 8.01. The maximum Gasteiger partial charge on any atom is 0.224 e. The third-order valence-corrected chi connectivity index (χ3v) is 4.89. The maximum absolute atomic E-state index is 12.8. The Bertz CT molecular complexity index is 813.